The van der Waals surface area contributed by atoms with Crippen LogP contribution >= 0.6 is 23.2 Å². The average molecular weight is 597 g/mol. The number of nitrogens with one attached hydrogen (secondary N) is 1. The molecule has 0 bridgehead atoms. The molecular weight excluding hydrogens is 565 g/mol. The molecule has 9 nitrogen and oxygen atoms in total. The van der Waals surface area contributed by atoms with E-state index in [0.717, 1.165) is 33.5 Å². The van der Waals surface area contributed by atoms with Gasteiger partial charge in [0.05, 0.1) is 39.9 Å². The number of carboxylic acids is 1. The number of carbonyl (C=O) groups is 2. The Hall–Kier alpha value is -4.05. The lowest BCUT2D eigenvalue weighted by molar-refractivity contribution is -0.150. The molecule has 0 aromatic heterocycles. The summed E-state index contributed by atoms with van der Waals surface area (Å²) in [6.07, 6.45) is 2.80. The fourth-order valence-corrected chi connectivity index (χ4v) is 5.75. The van der Waals surface area contributed by atoms with Crippen molar-refractivity contribution in [3.63, 3.8) is 0 Å². The number of hydroxylamine groups is 2. The number of amides is 1. The first-order valence-corrected chi connectivity index (χ1v) is 13.5. The zero-order chi connectivity index (χ0) is 29.8. The van der Waals surface area contributed by atoms with E-state index >= 15 is 0 Å². The zero-order valence-electron chi connectivity index (χ0n) is 22.9. The summed E-state index contributed by atoms with van der Waals surface area (Å²) in [7, 11) is 3.39. The van der Waals surface area contributed by atoms with Crippen molar-refractivity contribution in [3.05, 3.63) is 97.7 Å². The Balaban J connectivity index is 1.68. The van der Waals surface area contributed by atoms with Gasteiger partial charge in [-0.25, -0.2) is 5.06 Å². The van der Waals surface area contributed by atoms with E-state index in [1.54, 1.807) is 32.4 Å². The van der Waals surface area contributed by atoms with Crippen molar-refractivity contribution in [3.8, 4) is 0 Å². The Morgan fingerprint density at radius 2 is 1.90 bits per heavy atom. The second-order valence-corrected chi connectivity index (χ2v) is 10.4. The molecule has 0 saturated heterocycles. The number of carbonyl (C=O) groups excluding carboxylic acids is 1. The van der Waals surface area contributed by atoms with Crippen molar-refractivity contribution in [1.29, 1.82) is 0 Å². The third kappa shape index (κ3) is 6.02. The van der Waals surface area contributed by atoms with E-state index in [2.05, 4.69) is 10.3 Å². The molecule has 3 aromatic rings. The van der Waals surface area contributed by atoms with Crippen molar-refractivity contribution in [2.24, 2.45) is 10.7 Å². The van der Waals surface area contributed by atoms with Gasteiger partial charge in [0.15, 0.2) is 0 Å². The Morgan fingerprint density at radius 3 is 2.51 bits per heavy atom. The lowest BCUT2D eigenvalue weighted by Gasteiger charge is -2.32. The highest BCUT2D eigenvalue weighted by Crippen LogP contribution is 2.39. The van der Waals surface area contributed by atoms with Crippen LogP contribution in [0.2, 0.25) is 10.0 Å². The maximum Gasteiger partial charge on any atom is 0.304 e. The maximum atomic E-state index is 13.5. The predicted octanol–water partition coefficient (Wildman–Crippen LogP) is 5.62. The van der Waals surface area contributed by atoms with E-state index in [1.165, 1.54) is 11.3 Å². The van der Waals surface area contributed by atoms with Gasteiger partial charge in [0.1, 0.15) is 6.61 Å². The van der Waals surface area contributed by atoms with Gasteiger partial charge in [-0.2, -0.15) is 0 Å². The lowest BCUT2D eigenvalue weighted by Crippen LogP contribution is -2.35. The summed E-state index contributed by atoms with van der Waals surface area (Å²) in [6.45, 7) is 2.05. The predicted molar refractivity (Wildman–Crippen MR) is 163 cm³/mol. The molecule has 0 radical (unpaired) electrons. The van der Waals surface area contributed by atoms with E-state index in [4.69, 9.17) is 39.5 Å². The summed E-state index contributed by atoms with van der Waals surface area (Å²) < 4.78 is 0. The fourth-order valence-electron chi connectivity index (χ4n) is 5.10. The SMILES string of the molecule is CN=CC(=CN)c1cc(Cl)c(C(=O)N2Cc3cccc(C(CC(=O)O)c4ccc(NC)c(N)c4C)c3CO2)c(Cl)c1. The summed E-state index contributed by atoms with van der Waals surface area (Å²) in [6, 6.07) is 12.6. The Kier molecular flexibility index (Phi) is 9.22. The van der Waals surface area contributed by atoms with E-state index in [9.17, 15) is 14.7 Å². The van der Waals surface area contributed by atoms with Gasteiger partial charge in [0.2, 0.25) is 0 Å². The number of anilines is 2. The number of allylic oxidation sites excluding steroid dienone is 1. The van der Waals surface area contributed by atoms with Crippen molar-refractivity contribution < 1.29 is 19.5 Å². The molecule has 41 heavy (non-hydrogen) atoms. The summed E-state index contributed by atoms with van der Waals surface area (Å²) in [5, 5.41) is 14.3. The van der Waals surface area contributed by atoms with Crippen molar-refractivity contribution >= 4 is 58.2 Å². The molecule has 1 atom stereocenters. The van der Waals surface area contributed by atoms with Crippen LogP contribution in [0.5, 0.6) is 0 Å². The summed E-state index contributed by atoms with van der Waals surface area (Å²) >= 11 is 13.0. The lowest BCUT2D eigenvalue weighted by atomic mass is 9.81. The standard InChI is InChI=1S/C30H31Cl2N5O4/c1-16-20(7-8-26(36-3)29(16)34)22(11-27(38)39)21-6-4-5-17-14-37(41-15-23(17)21)30(40)28-24(31)9-18(10-25(28)32)19(12-33)13-35-2/h4-10,12-13,22,36H,11,14-15,33-34H2,1-3H3,(H,38,39). The van der Waals surface area contributed by atoms with E-state index in [-0.39, 0.29) is 35.2 Å². The van der Waals surface area contributed by atoms with Crippen LogP contribution in [0.25, 0.3) is 5.57 Å². The topological polar surface area (TPSA) is 143 Å². The number of fused-ring (bicyclic) bond motifs is 1. The molecule has 214 valence electrons. The number of halogens is 2. The quantitative estimate of drug-likeness (QED) is 0.195. The molecule has 0 spiro atoms. The minimum atomic E-state index is -0.942. The second kappa shape index (κ2) is 12.6. The number of nitrogens with two attached hydrogens (primary N) is 2. The fraction of sp³-hybridized carbons (Fsp3) is 0.233. The molecule has 1 heterocycles. The van der Waals surface area contributed by atoms with Gasteiger partial charge in [-0.05, 0) is 58.5 Å². The molecule has 0 aliphatic carbocycles. The summed E-state index contributed by atoms with van der Waals surface area (Å²) in [5.41, 5.74) is 18.8. The van der Waals surface area contributed by atoms with Gasteiger partial charge < -0.3 is 21.9 Å². The number of carboxylic acid groups (broad SMARTS) is 1. The van der Waals surface area contributed by atoms with Crippen LogP contribution in [0.15, 0.2) is 53.7 Å². The minimum absolute atomic E-state index is 0.0524. The van der Waals surface area contributed by atoms with Crippen LogP contribution in [0.4, 0.5) is 11.4 Å². The number of hydrogen-bond acceptors (Lipinski definition) is 7. The van der Waals surface area contributed by atoms with E-state index in [0.29, 0.717) is 16.8 Å². The van der Waals surface area contributed by atoms with Gasteiger partial charge in [-0.1, -0.05) is 47.5 Å². The molecule has 1 unspecified atom stereocenters. The summed E-state index contributed by atoms with van der Waals surface area (Å²) in [5.74, 6) is -1.92. The molecule has 6 N–H and O–H groups in total. The first-order chi connectivity index (χ1) is 19.6. The number of nitrogen functional groups attached to an aromatic ring is 1. The smallest absolute Gasteiger partial charge is 0.304 e. The minimum Gasteiger partial charge on any atom is -0.481 e. The Labute approximate surface area is 248 Å². The normalized spacial score (nSPS) is 14.2. The number of nitrogens with zero attached hydrogens (tertiary/aromatic N) is 2. The van der Waals surface area contributed by atoms with Crippen LogP contribution < -0.4 is 16.8 Å². The summed E-state index contributed by atoms with van der Waals surface area (Å²) in [4.78, 5) is 35.4. The van der Waals surface area contributed by atoms with Gasteiger partial charge in [-0.15, -0.1) is 0 Å². The van der Waals surface area contributed by atoms with Crippen LogP contribution in [-0.2, 0) is 22.8 Å². The highest BCUT2D eigenvalue weighted by molar-refractivity contribution is 6.40. The number of aliphatic carboxylic acids is 1. The molecule has 0 saturated carbocycles. The highest BCUT2D eigenvalue weighted by atomic mass is 35.5. The maximum absolute atomic E-state index is 13.5. The largest absolute Gasteiger partial charge is 0.481 e. The van der Waals surface area contributed by atoms with Gasteiger partial charge >= 0.3 is 5.97 Å². The van der Waals surface area contributed by atoms with Crippen molar-refractivity contribution in [2.45, 2.75) is 32.4 Å². The van der Waals surface area contributed by atoms with Gasteiger partial charge in [-0.3, -0.25) is 19.4 Å². The highest BCUT2D eigenvalue weighted by Gasteiger charge is 2.31. The molecule has 11 heteroatoms. The van der Waals surface area contributed by atoms with Crippen LogP contribution in [0.3, 0.4) is 0 Å². The van der Waals surface area contributed by atoms with Gasteiger partial charge in [0, 0.05) is 38.0 Å². The monoisotopic (exact) mass is 595 g/mol. The third-order valence-corrected chi connectivity index (χ3v) is 7.80. The van der Waals surface area contributed by atoms with E-state index < -0.39 is 17.8 Å². The first kappa shape index (κ1) is 29.9. The van der Waals surface area contributed by atoms with Gasteiger partial charge in [0.25, 0.3) is 5.91 Å². The van der Waals surface area contributed by atoms with E-state index in [1.807, 2.05) is 37.3 Å². The first-order valence-electron chi connectivity index (χ1n) is 12.8. The molecule has 1 aliphatic rings. The molecule has 1 amide bonds. The number of hydrogen-bond donors (Lipinski definition) is 4. The van der Waals surface area contributed by atoms with Crippen molar-refractivity contribution in [1.82, 2.24) is 5.06 Å². The number of aliphatic imine (C=N–C) groups is 1. The Bertz CT molecular complexity index is 1550. The van der Waals surface area contributed by atoms with Crippen LogP contribution in [-0.4, -0.2) is 42.4 Å². The van der Waals surface area contributed by atoms with Crippen LogP contribution in [0.1, 0.15) is 56.1 Å². The number of benzene rings is 3. The molecule has 0 fully saturated rings. The van der Waals surface area contributed by atoms with Crippen LogP contribution in [0, 0.1) is 6.92 Å². The molecule has 1 aliphatic heterocycles. The molecule has 4 rings (SSSR count). The van der Waals surface area contributed by atoms with Crippen molar-refractivity contribution in [2.75, 3.05) is 25.1 Å². The molecular formula is C30H31Cl2N5O4. The Morgan fingerprint density at radius 1 is 1.20 bits per heavy atom. The second-order valence-electron chi connectivity index (χ2n) is 9.57. The zero-order valence-corrected chi connectivity index (χ0v) is 24.4. The number of rotatable bonds is 8. The third-order valence-electron chi connectivity index (χ3n) is 7.21. The average Bonchev–Trinajstić information content (AvgIpc) is 2.95. The molecule has 3 aromatic carbocycles.